The van der Waals surface area contributed by atoms with Crippen LogP contribution in [0.25, 0.3) is 0 Å². The number of piperazine rings is 1. The summed E-state index contributed by atoms with van der Waals surface area (Å²) in [5, 5.41) is 0. The minimum atomic E-state index is -4.30. The second-order valence-corrected chi connectivity index (χ2v) is 6.48. The number of benzene rings is 1. The van der Waals surface area contributed by atoms with Gasteiger partial charge in [-0.1, -0.05) is 36.4 Å². The van der Waals surface area contributed by atoms with Gasteiger partial charge in [-0.15, -0.1) is 0 Å². The fourth-order valence-electron chi connectivity index (χ4n) is 3.26. The van der Waals surface area contributed by atoms with E-state index in [2.05, 4.69) is 9.80 Å². The predicted octanol–water partition coefficient (Wildman–Crippen LogP) is 3.65. The summed E-state index contributed by atoms with van der Waals surface area (Å²) in [5.74, 6) is -0.230. The molecule has 3 rings (SSSR count). The highest BCUT2D eigenvalue weighted by molar-refractivity contribution is 5.62. The van der Waals surface area contributed by atoms with E-state index in [1.54, 1.807) is 12.1 Å². The molecule has 1 aromatic carbocycles. The van der Waals surface area contributed by atoms with E-state index in [1.807, 2.05) is 30.4 Å². The van der Waals surface area contributed by atoms with Crippen molar-refractivity contribution in [1.82, 2.24) is 9.80 Å². The maximum Gasteiger partial charge on any atom is 0.416 e. The van der Waals surface area contributed by atoms with Gasteiger partial charge < -0.3 is 9.69 Å². The van der Waals surface area contributed by atoms with Gasteiger partial charge in [-0.3, -0.25) is 4.90 Å². The SMILES string of the molecule is O=CC1C=CC=CC=C1N1CCN(Cc2ccc(C(F)(F)F)cc2)CC1. The highest BCUT2D eigenvalue weighted by Gasteiger charge is 2.30. The number of hydrogen-bond acceptors (Lipinski definition) is 3. The molecular formula is C20H21F3N2O. The third kappa shape index (κ3) is 4.43. The number of carbonyl (C=O) groups is 1. The third-order valence-electron chi connectivity index (χ3n) is 4.72. The van der Waals surface area contributed by atoms with Crippen LogP contribution in [0.4, 0.5) is 13.2 Å². The van der Waals surface area contributed by atoms with E-state index in [4.69, 9.17) is 0 Å². The van der Waals surface area contributed by atoms with Crippen molar-refractivity contribution in [3.05, 3.63) is 71.5 Å². The van der Waals surface area contributed by atoms with Gasteiger partial charge in [0.05, 0.1) is 11.5 Å². The van der Waals surface area contributed by atoms with Gasteiger partial charge in [0, 0.05) is 38.4 Å². The van der Waals surface area contributed by atoms with E-state index < -0.39 is 11.7 Å². The summed E-state index contributed by atoms with van der Waals surface area (Å²) in [5.41, 5.74) is 1.25. The highest BCUT2D eigenvalue weighted by atomic mass is 19.4. The number of aldehydes is 1. The molecule has 0 amide bonds. The lowest BCUT2D eigenvalue weighted by Crippen LogP contribution is -2.46. The monoisotopic (exact) mass is 362 g/mol. The molecule has 1 heterocycles. The molecule has 26 heavy (non-hydrogen) atoms. The van der Waals surface area contributed by atoms with Crippen LogP contribution in [-0.4, -0.2) is 42.3 Å². The number of rotatable bonds is 4. The Kier molecular flexibility index (Phi) is 5.61. The van der Waals surface area contributed by atoms with E-state index in [1.165, 1.54) is 0 Å². The Balaban J connectivity index is 1.57. The molecule has 1 aliphatic carbocycles. The van der Waals surface area contributed by atoms with Gasteiger partial charge in [-0.05, 0) is 23.8 Å². The Morgan fingerprint density at radius 3 is 2.31 bits per heavy atom. The smallest absolute Gasteiger partial charge is 0.371 e. The quantitative estimate of drug-likeness (QED) is 0.764. The lowest BCUT2D eigenvalue weighted by atomic mass is 10.0. The Bertz CT molecular complexity index is 712. The van der Waals surface area contributed by atoms with E-state index in [0.29, 0.717) is 6.54 Å². The maximum atomic E-state index is 12.6. The van der Waals surface area contributed by atoms with Crippen LogP contribution in [0.2, 0.25) is 0 Å². The first-order valence-corrected chi connectivity index (χ1v) is 8.61. The van der Waals surface area contributed by atoms with Crippen LogP contribution in [0.15, 0.2) is 60.3 Å². The first kappa shape index (κ1) is 18.5. The van der Waals surface area contributed by atoms with Gasteiger partial charge in [0.1, 0.15) is 6.29 Å². The summed E-state index contributed by atoms with van der Waals surface area (Å²) in [6.07, 6.45) is 6.23. The van der Waals surface area contributed by atoms with Crippen LogP contribution in [0, 0.1) is 5.92 Å². The standard InChI is InChI=1S/C20H21F3N2O/c21-20(22,23)18-8-6-16(7-9-18)14-24-10-12-25(13-11-24)19-5-3-1-2-4-17(19)15-26/h1-9,15,17H,10-14H2. The first-order valence-electron chi connectivity index (χ1n) is 8.61. The van der Waals surface area contributed by atoms with Crippen LogP contribution in [0.1, 0.15) is 11.1 Å². The second-order valence-electron chi connectivity index (χ2n) is 6.48. The third-order valence-corrected chi connectivity index (χ3v) is 4.72. The van der Waals surface area contributed by atoms with Crippen molar-refractivity contribution in [2.75, 3.05) is 26.2 Å². The molecule has 0 aromatic heterocycles. The zero-order valence-corrected chi connectivity index (χ0v) is 14.3. The fourth-order valence-corrected chi connectivity index (χ4v) is 3.26. The number of hydrogen-bond donors (Lipinski definition) is 0. The van der Waals surface area contributed by atoms with Gasteiger partial charge >= 0.3 is 6.18 Å². The Hall–Kier alpha value is -2.34. The van der Waals surface area contributed by atoms with Crippen molar-refractivity contribution < 1.29 is 18.0 Å². The van der Waals surface area contributed by atoms with Crippen LogP contribution in [0.5, 0.6) is 0 Å². The number of halogens is 3. The normalized spacial score (nSPS) is 21.4. The zero-order chi connectivity index (χ0) is 18.6. The largest absolute Gasteiger partial charge is 0.416 e. The molecule has 0 bridgehead atoms. The number of allylic oxidation sites excluding steroid dienone is 5. The first-order chi connectivity index (χ1) is 12.5. The Morgan fingerprint density at radius 1 is 1.00 bits per heavy atom. The maximum absolute atomic E-state index is 12.6. The number of nitrogens with zero attached hydrogens (tertiary/aromatic N) is 2. The summed E-state index contributed by atoms with van der Waals surface area (Å²) in [6.45, 7) is 3.81. The topological polar surface area (TPSA) is 23.6 Å². The summed E-state index contributed by atoms with van der Waals surface area (Å²) in [4.78, 5) is 15.8. The van der Waals surface area contributed by atoms with Crippen molar-refractivity contribution in [2.45, 2.75) is 12.7 Å². The lowest BCUT2D eigenvalue weighted by molar-refractivity contribution is -0.137. The molecule has 6 heteroatoms. The Labute approximate surface area is 151 Å². The van der Waals surface area contributed by atoms with Crippen molar-refractivity contribution >= 4 is 6.29 Å². The molecule has 1 unspecified atom stereocenters. The van der Waals surface area contributed by atoms with Crippen molar-refractivity contribution in [2.24, 2.45) is 5.92 Å². The van der Waals surface area contributed by atoms with E-state index in [-0.39, 0.29) is 5.92 Å². The fraction of sp³-hybridized carbons (Fsp3) is 0.350. The second kappa shape index (κ2) is 7.91. The average Bonchev–Trinajstić information content (AvgIpc) is 2.87. The number of alkyl halides is 3. The zero-order valence-electron chi connectivity index (χ0n) is 14.3. The van der Waals surface area contributed by atoms with Gasteiger partial charge in [0.2, 0.25) is 0 Å². The predicted molar refractivity (Wildman–Crippen MR) is 94.2 cm³/mol. The average molecular weight is 362 g/mol. The Morgan fingerprint density at radius 2 is 1.69 bits per heavy atom. The van der Waals surface area contributed by atoms with E-state index >= 15 is 0 Å². The van der Waals surface area contributed by atoms with Gasteiger partial charge in [-0.2, -0.15) is 13.2 Å². The summed E-state index contributed by atoms with van der Waals surface area (Å²) >= 11 is 0. The molecule has 1 atom stereocenters. The number of carbonyl (C=O) groups excluding carboxylic acids is 1. The lowest BCUT2D eigenvalue weighted by Gasteiger charge is -2.38. The summed E-state index contributed by atoms with van der Waals surface area (Å²) in [6, 6.07) is 5.35. The molecule has 0 saturated carbocycles. The molecule has 1 saturated heterocycles. The molecule has 3 nitrogen and oxygen atoms in total. The van der Waals surface area contributed by atoms with Crippen molar-refractivity contribution in [1.29, 1.82) is 0 Å². The molecule has 0 radical (unpaired) electrons. The summed E-state index contributed by atoms with van der Waals surface area (Å²) in [7, 11) is 0. The summed E-state index contributed by atoms with van der Waals surface area (Å²) < 4.78 is 37.9. The van der Waals surface area contributed by atoms with Crippen molar-refractivity contribution in [3.8, 4) is 0 Å². The molecule has 1 fully saturated rings. The van der Waals surface area contributed by atoms with E-state index in [0.717, 1.165) is 55.9 Å². The van der Waals surface area contributed by atoms with E-state index in [9.17, 15) is 18.0 Å². The molecule has 0 spiro atoms. The van der Waals surface area contributed by atoms with Gasteiger partial charge in [0.15, 0.2) is 0 Å². The van der Waals surface area contributed by atoms with Gasteiger partial charge in [-0.25, -0.2) is 0 Å². The van der Waals surface area contributed by atoms with Gasteiger partial charge in [0.25, 0.3) is 0 Å². The molecule has 138 valence electrons. The molecule has 1 aromatic rings. The van der Waals surface area contributed by atoms with Crippen LogP contribution in [0.3, 0.4) is 0 Å². The minimum absolute atomic E-state index is 0.230. The van der Waals surface area contributed by atoms with Crippen molar-refractivity contribution in [3.63, 3.8) is 0 Å². The minimum Gasteiger partial charge on any atom is -0.371 e. The van der Waals surface area contributed by atoms with Crippen LogP contribution in [-0.2, 0) is 17.5 Å². The molecular weight excluding hydrogens is 341 g/mol. The van der Waals surface area contributed by atoms with Crippen LogP contribution >= 0.6 is 0 Å². The molecule has 2 aliphatic rings. The van der Waals surface area contributed by atoms with Crippen LogP contribution < -0.4 is 0 Å². The highest BCUT2D eigenvalue weighted by Crippen LogP contribution is 2.29. The molecule has 0 N–H and O–H groups in total. The molecule has 1 aliphatic heterocycles.